The van der Waals surface area contributed by atoms with Crippen LogP contribution in [-0.2, 0) is 16.3 Å². The molecule has 2 aromatic heterocycles. The fraction of sp³-hybridized carbons (Fsp3) is 0.222. The number of nitrogens with zero attached hydrogens (tertiary/aromatic N) is 2. The molecule has 4 rings (SSSR count). The highest BCUT2D eigenvalue weighted by Crippen LogP contribution is 2.38. The van der Waals surface area contributed by atoms with E-state index in [-0.39, 0.29) is 17.7 Å². The van der Waals surface area contributed by atoms with Crippen molar-refractivity contribution in [3.05, 3.63) is 57.2 Å². The minimum Gasteiger partial charge on any atom is -0.497 e. The van der Waals surface area contributed by atoms with Crippen molar-refractivity contribution in [3.8, 4) is 22.7 Å². The molecule has 0 saturated carbocycles. The summed E-state index contributed by atoms with van der Waals surface area (Å²) in [5, 5.41) is 4.52. The third kappa shape index (κ3) is 2.75. The first-order valence-corrected chi connectivity index (χ1v) is 10.5. The van der Waals surface area contributed by atoms with Gasteiger partial charge in [-0.25, -0.2) is 8.42 Å². The Bertz CT molecular complexity index is 1160. The molecule has 0 amide bonds. The van der Waals surface area contributed by atoms with Crippen molar-refractivity contribution in [1.82, 2.24) is 9.78 Å². The van der Waals surface area contributed by atoms with Crippen molar-refractivity contribution in [2.75, 3.05) is 12.9 Å². The Labute approximate surface area is 154 Å². The predicted molar refractivity (Wildman–Crippen MR) is 100 cm³/mol. The summed E-state index contributed by atoms with van der Waals surface area (Å²) in [7, 11) is -1.80. The van der Waals surface area contributed by atoms with E-state index in [9.17, 15) is 13.2 Å². The Morgan fingerprint density at radius 2 is 1.92 bits per heavy atom. The van der Waals surface area contributed by atoms with Crippen LogP contribution in [-0.4, -0.2) is 31.1 Å². The van der Waals surface area contributed by atoms with Crippen molar-refractivity contribution in [2.24, 2.45) is 0 Å². The molecular formula is C18H16N2O4S2. The second-order valence-corrected chi connectivity index (χ2v) is 9.65. The van der Waals surface area contributed by atoms with Gasteiger partial charge < -0.3 is 4.74 Å². The highest BCUT2D eigenvalue weighted by atomic mass is 32.2. The second-order valence-electron chi connectivity index (χ2n) is 6.09. The smallest absolute Gasteiger partial charge is 0.271 e. The van der Waals surface area contributed by atoms with E-state index >= 15 is 0 Å². The van der Waals surface area contributed by atoms with Crippen molar-refractivity contribution in [2.45, 2.75) is 17.6 Å². The topological polar surface area (TPSA) is 78.3 Å². The molecule has 1 aliphatic rings. The summed E-state index contributed by atoms with van der Waals surface area (Å²) in [5.41, 5.74) is 2.11. The minimum absolute atomic E-state index is 0.0133. The van der Waals surface area contributed by atoms with E-state index in [1.54, 1.807) is 31.4 Å². The first kappa shape index (κ1) is 17.0. The van der Waals surface area contributed by atoms with Crippen LogP contribution < -0.4 is 10.3 Å². The molecule has 134 valence electrons. The van der Waals surface area contributed by atoms with Crippen LogP contribution >= 0.6 is 11.3 Å². The summed E-state index contributed by atoms with van der Waals surface area (Å²) in [6.45, 7) is 1.87. The molecule has 0 N–H and O–H groups in total. The molecule has 0 fully saturated rings. The SMILES string of the molecule is COc1ccc(-n2nc3c(cc2=O)CCS(=O)(=O)c2sc(C)cc2-3)cc1. The van der Waals surface area contributed by atoms with Crippen molar-refractivity contribution in [3.63, 3.8) is 0 Å². The molecule has 6 nitrogen and oxygen atoms in total. The molecule has 0 bridgehead atoms. The number of aromatic nitrogens is 2. The van der Waals surface area contributed by atoms with Gasteiger partial charge in [0.05, 0.1) is 24.2 Å². The number of hydrogen-bond acceptors (Lipinski definition) is 6. The number of benzene rings is 1. The van der Waals surface area contributed by atoms with Gasteiger partial charge in [0.25, 0.3) is 5.56 Å². The molecule has 1 aliphatic heterocycles. The van der Waals surface area contributed by atoms with Gasteiger partial charge in [0.2, 0.25) is 0 Å². The first-order chi connectivity index (χ1) is 12.4. The van der Waals surface area contributed by atoms with Gasteiger partial charge in [0, 0.05) is 16.5 Å². The Morgan fingerprint density at radius 1 is 1.19 bits per heavy atom. The molecular weight excluding hydrogens is 372 g/mol. The number of hydrogen-bond donors (Lipinski definition) is 0. The lowest BCUT2D eigenvalue weighted by molar-refractivity contribution is 0.414. The van der Waals surface area contributed by atoms with Crippen LogP contribution in [0.2, 0.25) is 0 Å². The standard InChI is InChI=1S/C18H16N2O4S2/c1-11-9-15-17-12(7-8-26(22,23)18(15)25-11)10-16(21)20(19-17)13-3-5-14(24-2)6-4-13/h3-6,9-10H,7-8H2,1-2H3. The van der Waals surface area contributed by atoms with Crippen LogP contribution in [0.15, 0.2) is 45.4 Å². The quantitative estimate of drug-likeness (QED) is 0.674. The molecule has 1 aromatic carbocycles. The molecule has 0 unspecified atom stereocenters. The molecule has 0 spiro atoms. The minimum atomic E-state index is -3.37. The van der Waals surface area contributed by atoms with E-state index in [2.05, 4.69) is 5.10 Å². The Kier molecular flexibility index (Phi) is 3.96. The number of sulfone groups is 1. The maximum Gasteiger partial charge on any atom is 0.271 e. The Hall–Kier alpha value is -2.45. The number of fused-ring (bicyclic) bond motifs is 3. The average Bonchev–Trinajstić information content (AvgIpc) is 2.99. The highest BCUT2D eigenvalue weighted by molar-refractivity contribution is 7.93. The zero-order valence-electron chi connectivity index (χ0n) is 14.2. The van der Waals surface area contributed by atoms with E-state index < -0.39 is 9.84 Å². The zero-order valence-corrected chi connectivity index (χ0v) is 15.9. The van der Waals surface area contributed by atoms with E-state index in [1.165, 1.54) is 22.1 Å². The summed E-state index contributed by atoms with van der Waals surface area (Å²) in [6.07, 6.45) is 0.282. The fourth-order valence-corrected chi connectivity index (χ4v) is 6.10. The van der Waals surface area contributed by atoms with Crippen LogP contribution in [0.4, 0.5) is 0 Å². The Morgan fingerprint density at radius 3 is 2.62 bits per heavy atom. The van der Waals surface area contributed by atoms with Crippen LogP contribution in [0.5, 0.6) is 5.75 Å². The monoisotopic (exact) mass is 388 g/mol. The highest BCUT2D eigenvalue weighted by Gasteiger charge is 2.29. The number of methoxy groups -OCH3 is 1. The molecule has 26 heavy (non-hydrogen) atoms. The molecule has 0 atom stereocenters. The lowest BCUT2D eigenvalue weighted by Crippen LogP contribution is -2.22. The van der Waals surface area contributed by atoms with Gasteiger partial charge in [-0.05, 0) is 49.2 Å². The fourth-order valence-electron chi connectivity index (χ4n) is 3.04. The summed E-state index contributed by atoms with van der Waals surface area (Å²) in [6, 6.07) is 10.3. The number of ether oxygens (including phenoxy) is 1. The van der Waals surface area contributed by atoms with Gasteiger partial charge >= 0.3 is 0 Å². The summed E-state index contributed by atoms with van der Waals surface area (Å²) < 4.78 is 31.9. The maximum atomic E-state index is 12.6. The van der Waals surface area contributed by atoms with Gasteiger partial charge in [-0.15, -0.1) is 11.3 Å². The van der Waals surface area contributed by atoms with Gasteiger partial charge in [-0.2, -0.15) is 9.78 Å². The normalized spacial score (nSPS) is 15.0. The molecule has 8 heteroatoms. The molecule has 0 saturated heterocycles. The van der Waals surface area contributed by atoms with E-state index in [0.29, 0.717) is 32.5 Å². The van der Waals surface area contributed by atoms with Gasteiger partial charge in [-0.3, -0.25) is 4.79 Å². The predicted octanol–water partition coefficient (Wildman–Crippen LogP) is 2.61. The maximum absolute atomic E-state index is 12.6. The average molecular weight is 388 g/mol. The number of thiophene rings is 1. The Balaban J connectivity index is 1.95. The summed E-state index contributed by atoms with van der Waals surface area (Å²) >= 11 is 1.25. The van der Waals surface area contributed by atoms with Gasteiger partial charge in [0.15, 0.2) is 9.84 Å². The van der Waals surface area contributed by atoms with Crippen LogP contribution in [0, 0.1) is 6.92 Å². The lowest BCUT2D eigenvalue weighted by Gasteiger charge is -2.10. The summed E-state index contributed by atoms with van der Waals surface area (Å²) in [5.74, 6) is 0.666. The van der Waals surface area contributed by atoms with Crippen molar-refractivity contribution < 1.29 is 13.2 Å². The molecule has 0 radical (unpaired) electrons. The van der Waals surface area contributed by atoms with E-state index in [1.807, 2.05) is 13.0 Å². The number of aryl methyl sites for hydroxylation is 2. The number of rotatable bonds is 2. The third-order valence-electron chi connectivity index (χ3n) is 4.33. The van der Waals surface area contributed by atoms with Gasteiger partial charge in [-0.1, -0.05) is 0 Å². The molecule has 0 aliphatic carbocycles. The largest absolute Gasteiger partial charge is 0.497 e. The van der Waals surface area contributed by atoms with Gasteiger partial charge in [0.1, 0.15) is 9.96 Å². The lowest BCUT2D eigenvalue weighted by atomic mass is 10.1. The zero-order chi connectivity index (χ0) is 18.5. The van der Waals surface area contributed by atoms with E-state index in [0.717, 1.165) is 4.88 Å². The van der Waals surface area contributed by atoms with E-state index in [4.69, 9.17) is 4.74 Å². The third-order valence-corrected chi connectivity index (χ3v) is 7.71. The van der Waals surface area contributed by atoms with Crippen LogP contribution in [0.3, 0.4) is 0 Å². The van der Waals surface area contributed by atoms with Crippen LogP contribution in [0.25, 0.3) is 16.9 Å². The first-order valence-electron chi connectivity index (χ1n) is 8.00. The van der Waals surface area contributed by atoms with Crippen LogP contribution in [0.1, 0.15) is 10.4 Å². The summed E-state index contributed by atoms with van der Waals surface area (Å²) in [4.78, 5) is 13.5. The van der Waals surface area contributed by atoms with Crippen molar-refractivity contribution in [1.29, 1.82) is 0 Å². The molecule has 3 aromatic rings. The molecule has 3 heterocycles. The van der Waals surface area contributed by atoms with Crippen molar-refractivity contribution >= 4 is 21.2 Å². The second kappa shape index (κ2) is 6.07.